The number of nitrogens with zero attached hydrogens (tertiary/aromatic N) is 3. The molecule has 1 heterocycles. The van der Waals surface area contributed by atoms with Gasteiger partial charge in [-0.3, -0.25) is 4.90 Å². The fourth-order valence-electron chi connectivity index (χ4n) is 3.48. The van der Waals surface area contributed by atoms with Gasteiger partial charge in [0.05, 0.1) is 12.3 Å². The van der Waals surface area contributed by atoms with E-state index in [1.54, 1.807) is 12.1 Å². The van der Waals surface area contributed by atoms with Gasteiger partial charge < -0.3 is 4.90 Å². The molecule has 4 heteroatoms. The first-order valence-corrected chi connectivity index (χ1v) is 9.27. The second-order valence-corrected chi connectivity index (χ2v) is 7.43. The van der Waals surface area contributed by atoms with Crippen LogP contribution in [0.25, 0.3) is 4.85 Å². The molecule has 1 fully saturated rings. The van der Waals surface area contributed by atoms with Crippen LogP contribution in [0.15, 0.2) is 42.5 Å². The van der Waals surface area contributed by atoms with Crippen LogP contribution in [0.4, 0.5) is 15.8 Å². The van der Waals surface area contributed by atoms with Gasteiger partial charge in [0.2, 0.25) is 0 Å². The molecule has 26 heavy (non-hydrogen) atoms. The Hall–Kier alpha value is -2.38. The van der Waals surface area contributed by atoms with Crippen molar-refractivity contribution in [2.24, 2.45) is 5.92 Å². The van der Waals surface area contributed by atoms with Gasteiger partial charge in [-0.05, 0) is 35.6 Å². The topological polar surface area (TPSA) is 10.8 Å². The molecule has 0 N–H and O–H groups in total. The lowest BCUT2D eigenvalue weighted by atomic mass is 10.0. The molecule has 3 rings (SSSR count). The first-order chi connectivity index (χ1) is 12.5. The van der Waals surface area contributed by atoms with Crippen molar-refractivity contribution >= 4 is 11.4 Å². The lowest BCUT2D eigenvalue weighted by Crippen LogP contribution is -2.46. The van der Waals surface area contributed by atoms with Crippen molar-refractivity contribution in [2.45, 2.75) is 26.8 Å². The van der Waals surface area contributed by atoms with E-state index in [0.29, 0.717) is 17.3 Å². The van der Waals surface area contributed by atoms with E-state index in [2.05, 4.69) is 52.8 Å². The van der Waals surface area contributed by atoms with Gasteiger partial charge in [0, 0.05) is 32.7 Å². The molecule has 0 unspecified atom stereocenters. The SMILES string of the molecule is [C-]#[N+]c1ccc(N2CCN(Cc3ccc(CC(C)C)cc3)CC2)c(F)c1. The maximum Gasteiger partial charge on any atom is 0.190 e. The summed E-state index contributed by atoms with van der Waals surface area (Å²) in [7, 11) is 0. The maximum absolute atomic E-state index is 14.2. The Morgan fingerprint density at radius 1 is 1.00 bits per heavy atom. The summed E-state index contributed by atoms with van der Waals surface area (Å²) in [6, 6.07) is 13.7. The van der Waals surface area contributed by atoms with E-state index >= 15 is 0 Å². The molecule has 0 spiro atoms. The van der Waals surface area contributed by atoms with Crippen LogP contribution in [-0.2, 0) is 13.0 Å². The van der Waals surface area contributed by atoms with Crippen LogP contribution < -0.4 is 4.90 Å². The summed E-state index contributed by atoms with van der Waals surface area (Å²) in [5, 5.41) is 0. The van der Waals surface area contributed by atoms with Crippen molar-refractivity contribution in [2.75, 3.05) is 31.1 Å². The molecule has 2 aromatic carbocycles. The number of benzene rings is 2. The second-order valence-electron chi connectivity index (χ2n) is 7.43. The highest BCUT2D eigenvalue weighted by Crippen LogP contribution is 2.25. The molecule has 2 aromatic rings. The molecule has 0 amide bonds. The summed E-state index contributed by atoms with van der Waals surface area (Å²) in [5.41, 5.74) is 3.69. The summed E-state index contributed by atoms with van der Waals surface area (Å²) in [4.78, 5) is 7.77. The Bertz CT molecular complexity index is 769. The second kappa shape index (κ2) is 8.33. The molecule has 136 valence electrons. The molecule has 1 aliphatic rings. The third-order valence-corrected chi connectivity index (χ3v) is 4.85. The van der Waals surface area contributed by atoms with E-state index in [1.807, 2.05) is 0 Å². The monoisotopic (exact) mass is 351 g/mol. The lowest BCUT2D eigenvalue weighted by Gasteiger charge is -2.36. The zero-order valence-corrected chi connectivity index (χ0v) is 15.6. The molecule has 3 nitrogen and oxygen atoms in total. The van der Waals surface area contributed by atoms with Gasteiger partial charge in [-0.2, -0.15) is 0 Å². The molecule has 0 radical (unpaired) electrons. The zero-order chi connectivity index (χ0) is 18.5. The standard InChI is InChI=1S/C22H26FN3/c1-17(2)14-18-4-6-19(7-5-18)16-25-10-12-26(13-11-25)22-9-8-20(24-3)15-21(22)23/h4-9,15,17H,10-14,16H2,1-2H3. The third-order valence-electron chi connectivity index (χ3n) is 4.85. The first-order valence-electron chi connectivity index (χ1n) is 9.27. The van der Waals surface area contributed by atoms with E-state index in [0.717, 1.165) is 39.1 Å². The normalized spacial score (nSPS) is 15.3. The van der Waals surface area contributed by atoms with E-state index in [4.69, 9.17) is 6.57 Å². The van der Waals surface area contributed by atoms with Crippen LogP contribution in [0.1, 0.15) is 25.0 Å². The van der Waals surface area contributed by atoms with Crippen molar-refractivity contribution in [1.82, 2.24) is 4.90 Å². The summed E-state index contributed by atoms with van der Waals surface area (Å²) >= 11 is 0. The average Bonchev–Trinajstić information content (AvgIpc) is 2.63. The lowest BCUT2D eigenvalue weighted by molar-refractivity contribution is 0.249. The Labute approximate surface area is 155 Å². The number of hydrogen-bond donors (Lipinski definition) is 0. The van der Waals surface area contributed by atoms with Crippen molar-refractivity contribution in [3.05, 3.63) is 70.8 Å². The summed E-state index contributed by atoms with van der Waals surface area (Å²) in [5.74, 6) is 0.380. The van der Waals surface area contributed by atoms with Crippen molar-refractivity contribution < 1.29 is 4.39 Å². The number of hydrogen-bond acceptors (Lipinski definition) is 2. The minimum atomic E-state index is -0.298. The molecular weight excluding hydrogens is 325 g/mol. The number of rotatable bonds is 5. The molecule has 1 saturated heterocycles. The molecule has 0 aromatic heterocycles. The van der Waals surface area contributed by atoms with Crippen LogP contribution in [0, 0.1) is 18.3 Å². The highest BCUT2D eigenvalue weighted by molar-refractivity contribution is 5.57. The van der Waals surface area contributed by atoms with Gasteiger partial charge in [0.1, 0.15) is 5.82 Å². The van der Waals surface area contributed by atoms with Gasteiger partial charge >= 0.3 is 0 Å². The van der Waals surface area contributed by atoms with Gasteiger partial charge in [-0.25, -0.2) is 9.24 Å². The van der Waals surface area contributed by atoms with Crippen molar-refractivity contribution in [3.63, 3.8) is 0 Å². The van der Waals surface area contributed by atoms with Gasteiger partial charge in [0.25, 0.3) is 0 Å². The van der Waals surface area contributed by atoms with E-state index in [1.165, 1.54) is 17.2 Å². The number of halogens is 1. The minimum Gasteiger partial charge on any atom is -0.367 e. The molecule has 0 atom stereocenters. The fraction of sp³-hybridized carbons (Fsp3) is 0.409. The maximum atomic E-state index is 14.2. The summed E-state index contributed by atoms with van der Waals surface area (Å²) < 4.78 is 14.2. The quantitative estimate of drug-likeness (QED) is 0.710. The average molecular weight is 351 g/mol. The Morgan fingerprint density at radius 3 is 2.23 bits per heavy atom. The van der Waals surface area contributed by atoms with Gasteiger partial charge in [-0.15, -0.1) is 0 Å². The Morgan fingerprint density at radius 2 is 1.65 bits per heavy atom. The van der Waals surface area contributed by atoms with Crippen LogP contribution in [0.5, 0.6) is 0 Å². The number of anilines is 1. The van der Waals surface area contributed by atoms with Crippen LogP contribution in [0.3, 0.4) is 0 Å². The predicted octanol–water partition coefficient (Wildman–Crippen LogP) is 4.90. The molecule has 0 bridgehead atoms. The molecule has 1 aliphatic heterocycles. The van der Waals surface area contributed by atoms with E-state index < -0.39 is 0 Å². The van der Waals surface area contributed by atoms with Crippen molar-refractivity contribution in [1.29, 1.82) is 0 Å². The van der Waals surface area contributed by atoms with Crippen LogP contribution in [-0.4, -0.2) is 31.1 Å². The Kier molecular flexibility index (Phi) is 5.90. The van der Waals surface area contributed by atoms with E-state index in [-0.39, 0.29) is 5.82 Å². The minimum absolute atomic E-state index is 0.298. The zero-order valence-electron chi connectivity index (χ0n) is 15.6. The fourth-order valence-corrected chi connectivity index (χ4v) is 3.48. The molecule has 0 aliphatic carbocycles. The van der Waals surface area contributed by atoms with Crippen LogP contribution >= 0.6 is 0 Å². The van der Waals surface area contributed by atoms with Gasteiger partial charge in [-0.1, -0.05) is 44.2 Å². The highest BCUT2D eigenvalue weighted by atomic mass is 19.1. The van der Waals surface area contributed by atoms with Gasteiger partial charge in [0.15, 0.2) is 5.69 Å². The third kappa shape index (κ3) is 4.62. The summed E-state index contributed by atoms with van der Waals surface area (Å²) in [6.07, 6.45) is 1.12. The van der Waals surface area contributed by atoms with E-state index in [9.17, 15) is 4.39 Å². The van der Waals surface area contributed by atoms with Crippen molar-refractivity contribution in [3.8, 4) is 0 Å². The largest absolute Gasteiger partial charge is 0.367 e. The van der Waals surface area contributed by atoms with Crippen LogP contribution in [0.2, 0.25) is 0 Å². The molecule has 0 saturated carbocycles. The summed E-state index contributed by atoms with van der Waals surface area (Å²) in [6.45, 7) is 15.8. The first kappa shape index (κ1) is 18.4. The predicted molar refractivity (Wildman–Crippen MR) is 105 cm³/mol. The molecular formula is C22H26FN3. The Balaban J connectivity index is 1.55. The number of piperazine rings is 1. The smallest absolute Gasteiger partial charge is 0.190 e. The highest BCUT2D eigenvalue weighted by Gasteiger charge is 2.19.